The van der Waals surface area contributed by atoms with Crippen LogP contribution in [-0.4, -0.2) is 23.6 Å². The first-order valence-electron chi connectivity index (χ1n) is 7.53. The predicted octanol–water partition coefficient (Wildman–Crippen LogP) is 3.01. The van der Waals surface area contributed by atoms with E-state index in [9.17, 15) is 9.59 Å². The number of amides is 1. The number of nitrogens with one attached hydrogen (secondary N) is 1. The Labute approximate surface area is 131 Å². The van der Waals surface area contributed by atoms with Gasteiger partial charge in [0.15, 0.2) is 6.61 Å². The van der Waals surface area contributed by atoms with E-state index in [4.69, 9.17) is 9.84 Å². The minimum absolute atomic E-state index is 0.0416. The minimum atomic E-state index is -1.01. The van der Waals surface area contributed by atoms with Gasteiger partial charge in [-0.2, -0.15) is 0 Å². The van der Waals surface area contributed by atoms with E-state index < -0.39 is 5.97 Å². The third kappa shape index (κ3) is 6.16. The van der Waals surface area contributed by atoms with Gasteiger partial charge >= 0.3 is 5.97 Å². The van der Waals surface area contributed by atoms with Crippen LogP contribution in [0, 0.1) is 11.8 Å². The van der Waals surface area contributed by atoms with Crippen molar-refractivity contribution in [1.29, 1.82) is 0 Å². The smallest absolute Gasteiger partial charge is 0.341 e. The maximum Gasteiger partial charge on any atom is 0.341 e. The molecule has 0 saturated heterocycles. The first-order valence-corrected chi connectivity index (χ1v) is 7.53. The highest BCUT2D eigenvalue weighted by Gasteiger charge is 2.15. The molecule has 22 heavy (non-hydrogen) atoms. The summed E-state index contributed by atoms with van der Waals surface area (Å²) in [6, 6.07) is 6.97. The molecule has 0 bridgehead atoms. The van der Waals surface area contributed by atoms with E-state index in [0.717, 1.165) is 5.56 Å². The van der Waals surface area contributed by atoms with E-state index in [1.807, 2.05) is 19.1 Å². The highest BCUT2D eigenvalue weighted by molar-refractivity contribution is 5.76. The number of aliphatic carboxylic acids is 1. The minimum Gasteiger partial charge on any atom is -0.482 e. The average molecular weight is 307 g/mol. The summed E-state index contributed by atoms with van der Waals surface area (Å²) in [5.74, 6) is 0.354. The van der Waals surface area contributed by atoms with Gasteiger partial charge in [0.1, 0.15) is 5.75 Å². The molecule has 5 nitrogen and oxygen atoms in total. The molecule has 0 radical (unpaired) electrons. The zero-order valence-electron chi connectivity index (χ0n) is 13.6. The SMILES string of the molecule is CC(NC(=O)CC(C)C(C)C)c1ccc(OCC(=O)O)cc1. The molecule has 0 aliphatic heterocycles. The zero-order chi connectivity index (χ0) is 16.7. The molecular formula is C17H25NO4. The number of carbonyl (C=O) groups excluding carboxylic acids is 1. The molecule has 0 heterocycles. The number of benzene rings is 1. The van der Waals surface area contributed by atoms with Crippen LogP contribution in [0.25, 0.3) is 0 Å². The van der Waals surface area contributed by atoms with Crippen molar-refractivity contribution in [2.45, 2.75) is 40.2 Å². The number of hydrogen-bond donors (Lipinski definition) is 2. The Hall–Kier alpha value is -2.04. The van der Waals surface area contributed by atoms with Gasteiger partial charge in [-0.3, -0.25) is 4.79 Å². The summed E-state index contributed by atoms with van der Waals surface area (Å²) in [5, 5.41) is 11.5. The van der Waals surface area contributed by atoms with E-state index in [0.29, 0.717) is 24.0 Å². The fourth-order valence-corrected chi connectivity index (χ4v) is 1.91. The van der Waals surface area contributed by atoms with Crippen LogP contribution in [0.5, 0.6) is 5.75 Å². The van der Waals surface area contributed by atoms with Crippen LogP contribution in [0.4, 0.5) is 0 Å². The fraction of sp³-hybridized carbons (Fsp3) is 0.529. The van der Waals surface area contributed by atoms with Gasteiger partial charge in [-0.15, -0.1) is 0 Å². The summed E-state index contributed by atoms with van der Waals surface area (Å²) < 4.78 is 5.08. The Balaban J connectivity index is 2.53. The summed E-state index contributed by atoms with van der Waals surface area (Å²) in [6.07, 6.45) is 0.516. The van der Waals surface area contributed by atoms with Crippen LogP contribution < -0.4 is 10.1 Å². The van der Waals surface area contributed by atoms with Crippen molar-refractivity contribution in [3.63, 3.8) is 0 Å². The Morgan fingerprint density at radius 1 is 1.14 bits per heavy atom. The molecule has 5 heteroatoms. The summed E-state index contributed by atoms with van der Waals surface area (Å²) in [5.41, 5.74) is 0.952. The number of rotatable bonds is 8. The summed E-state index contributed by atoms with van der Waals surface area (Å²) in [4.78, 5) is 22.4. The summed E-state index contributed by atoms with van der Waals surface area (Å²) >= 11 is 0. The van der Waals surface area contributed by atoms with Crippen LogP contribution >= 0.6 is 0 Å². The second-order valence-corrected chi connectivity index (χ2v) is 5.97. The maximum absolute atomic E-state index is 12.0. The quantitative estimate of drug-likeness (QED) is 0.774. The lowest BCUT2D eigenvalue weighted by Gasteiger charge is -2.18. The van der Waals surface area contributed by atoms with Crippen molar-refractivity contribution in [2.24, 2.45) is 11.8 Å². The van der Waals surface area contributed by atoms with Gasteiger partial charge in [0.05, 0.1) is 6.04 Å². The Bertz CT molecular complexity index is 496. The summed E-state index contributed by atoms with van der Waals surface area (Å²) in [6.45, 7) is 7.85. The number of carboxylic acids is 1. The van der Waals surface area contributed by atoms with Crippen molar-refractivity contribution in [1.82, 2.24) is 5.32 Å². The largest absolute Gasteiger partial charge is 0.482 e. The van der Waals surface area contributed by atoms with Crippen molar-refractivity contribution >= 4 is 11.9 Å². The molecule has 0 fully saturated rings. The molecule has 2 N–H and O–H groups in total. The van der Waals surface area contributed by atoms with Gasteiger partial charge in [-0.1, -0.05) is 32.9 Å². The van der Waals surface area contributed by atoms with E-state index >= 15 is 0 Å². The Morgan fingerprint density at radius 2 is 1.73 bits per heavy atom. The van der Waals surface area contributed by atoms with Gasteiger partial charge in [0.25, 0.3) is 0 Å². The molecular weight excluding hydrogens is 282 g/mol. The molecule has 0 aromatic heterocycles. The van der Waals surface area contributed by atoms with Gasteiger partial charge < -0.3 is 15.2 Å². The summed E-state index contributed by atoms with van der Waals surface area (Å²) in [7, 11) is 0. The van der Waals surface area contributed by atoms with Crippen LogP contribution in [0.15, 0.2) is 24.3 Å². The number of carbonyl (C=O) groups is 2. The number of carboxylic acid groups (broad SMARTS) is 1. The van der Waals surface area contributed by atoms with Crippen molar-refractivity contribution in [2.75, 3.05) is 6.61 Å². The monoisotopic (exact) mass is 307 g/mol. The third-order valence-corrected chi connectivity index (χ3v) is 3.77. The fourth-order valence-electron chi connectivity index (χ4n) is 1.91. The second kappa shape index (κ2) is 8.41. The lowest BCUT2D eigenvalue weighted by atomic mass is 9.94. The molecule has 122 valence electrons. The van der Waals surface area contributed by atoms with Gasteiger partial charge in [0, 0.05) is 6.42 Å². The molecule has 2 unspecified atom stereocenters. The van der Waals surface area contributed by atoms with E-state index in [-0.39, 0.29) is 18.6 Å². The maximum atomic E-state index is 12.0. The lowest BCUT2D eigenvalue weighted by Crippen LogP contribution is -2.28. The van der Waals surface area contributed by atoms with E-state index in [1.165, 1.54) is 0 Å². The highest BCUT2D eigenvalue weighted by Crippen LogP contribution is 2.19. The molecule has 1 amide bonds. The van der Waals surface area contributed by atoms with Gasteiger partial charge in [0.2, 0.25) is 5.91 Å². The molecule has 1 aromatic carbocycles. The molecule has 2 atom stereocenters. The first kappa shape index (κ1) is 18.0. The van der Waals surface area contributed by atoms with Gasteiger partial charge in [-0.05, 0) is 36.5 Å². The Morgan fingerprint density at radius 3 is 2.23 bits per heavy atom. The molecule has 0 spiro atoms. The van der Waals surface area contributed by atoms with Crippen molar-refractivity contribution in [3.8, 4) is 5.75 Å². The molecule has 0 aliphatic rings. The van der Waals surface area contributed by atoms with Gasteiger partial charge in [-0.25, -0.2) is 4.79 Å². The standard InChI is InChI=1S/C17H25NO4/c1-11(2)12(3)9-16(19)18-13(4)14-5-7-15(8-6-14)22-10-17(20)21/h5-8,11-13H,9-10H2,1-4H3,(H,18,19)(H,20,21). The predicted molar refractivity (Wildman–Crippen MR) is 84.7 cm³/mol. The lowest BCUT2D eigenvalue weighted by molar-refractivity contribution is -0.139. The van der Waals surface area contributed by atoms with Crippen LogP contribution in [-0.2, 0) is 9.59 Å². The number of ether oxygens (including phenoxy) is 1. The first-order chi connectivity index (χ1) is 10.3. The molecule has 0 saturated carbocycles. The van der Waals surface area contributed by atoms with Crippen LogP contribution in [0.3, 0.4) is 0 Å². The topological polar surface area (TPSA) is 75.6 Å². The second-order valence-electron chi connectivity index (χ2n) is 5.97. The normalized spacial score (nSPS) is 13.5. The zero-order valence-corrected chi connectivity index (χ0v) is 13.6. The van der Waals surface area contributed by atoms with Crippen LogP contribution in [0.2, 0.25) is 0 Å². The van der Waals surface area contributed by atoms with E-state index in [1.54, 1.807) is 12.1 Å². The molecule has 1 rings (SSSR count). The average Bonchev–Trinajstić information content (AvgIpc) is 2.45. The van der Waals surface area contributed by atoms with Crippen molar-refractivity contribution < 1.29 is 19.4 Å². The van der Waals surface area contributed by atoms with Crippen LogP contribution in [0.1, 0.15) is 45.7 Å². The van der Waals surface area contributed by atoms with Crippen molar-refractivity contribution in [3.05, 3.63) is 29.8 Å². The Kier molecular flexibility index (Phi) is 6.89. The van der Waals surface area contributed by atoms with E-state index in [2.05, 4.69) is 26.1 Å². The highest BCUT2D eigenvalue weighted by atomic mass is 16.5. The molecule has 0 aliphatic carbocycles. The third-order valence-electron chi connectivity index (χ3n) is 3.77. The molecule has 1 aromatic rings. The number of hydrogen-bond acceptors (Lipinski definition) is 3.